The van der Waals surface area contributed by atoms with Gasteiger partial charge in [0.25, 0.3) is 5.91 Å². The van der Waals surface area contributed by atoms with Crippen LogP contribution in [0.15, 0.2) is 47.1 Å². The minimum atomic E-state index is -0.319. The number of anilines is 3. The number of thiazole rings is 1. The number of aromatic nitrogens is 1. The molecule has 0 unspecified atom stereocenters. The maximum absolute atomic E-state index is 12.7. The SMILES string of the molecule is CC(=O)Nc1ccc(NC(=O)c2sc(N(Cc3ccco3)C(C)=O)nc2C)cc1. The Bertz CT molecular complexity index is 1030. The average Bonchev–Trinajstić information content (AvgIpc) is 3.30. The highest BCUT2D eigenvalue weighted by molar-refractivity contribution is 7.17. The van der Waals surface area contributed by atoms with Gasteiger partial charge in [0, 0.05) is 25.2 Å². The number of rotatable bonds is 6. The molecule has 2 aromatic heterocycles. The van der Waals surface area contributed by atoms with E-state index in [1.165, 1.54) is 25.0 Å². The van der Waals surface area contributed by atoms with Gasteiger partial charge in [-0.15, -0.1) is 0 Å². The summed E-state index contributed by atoms with van der Waals surface area (Å²) in [5.74, 6) is -0.0619. The zero-order chi connectivity index (χ0) is 21.0. The minimum absolute atomic E-state index is 0.167. The second-order valence-electron chi connectivity index (χ2n) is 6.31. The fraction of sp³-hybridized carbons (Fsp3) is 0.200. The number of furan rings is 1. The van der Waals surface area contributed by atoms with E-state index in [9.17, 15) is 14.4 Å². The fourth-order valence-electron chi connectivity index (χ4n) is 2.61. The first-order valence-corrected chi connectivity index (χ1v) is 9.62. The summed E-state index contributed by atoms with van der Waals surface area (Å²) in [4.78, 5) is 42.1. The zero-order valence-electron chi connectivity index (χ0n) is 16.2. The first-order chi connectivity index (χ1) is 13.8. The molecule has 0 saturated carbocycles. The van der Waals surface area contributed by atoms with Crippen LogP contribution in [0.2, 0.25) is 0 Å². The molecule has 0 aliphatic rings. The van der Waals surface area contributed by atoms with Crippen molar-refractivity contribution in [3.63, 3.8) is 0 Å². The molecule has 8 nitrogen and oxygen atoms in total. The number of nitrogens with zero attached hydrogens (tertiary/aromatic N) is 2. The molecule has 3 rings (SSSR count). The highest BCUT2D eigenvalue weighted by Crippen LogP contribution is 2.28. The van der Waals surface area contributed by atoms with Crippen LogP contribution in [0.4, 0.5) is 16.5 Å². The molecule has 0 aliphatic carbocycles. The van der Waals surface area contributed by atoms with E-state index >= 15 is 0 Å². The maximum atomic E-state index is 12.7. The predicted octanol–water partition coefficient (Wildman–Crippen LogP) is 3.81. The molecule has 0 aliphatic heterocycles. The van der Waals surface area contributed by atoms with Crippen LogP contribution in [0.1, 0.15) is 35.0 Å². The number of nitrogens with one attached hydrogen (secondary N) is 2. The number of carbonyl (C=O) groups is 3. The molecule has 0 fully saturated rings. The van der Waals surface area contributed by atoms with Gasteiger partial charge in [0.2, 0.25) is 11.8 Å². The Hall–Kier alpha value is -3.46. The molecule has 2 heterocycles. The van der Waals surface area contributed by atoms with Crippen LogP contribution in [0, 0.1) is 6.92 Å². The van der Waals surface area contributed by atoms with E-state index in [1.54, 1.807) is 43.3 Å². The monoisotopic (exact) mass is 412 g/mol. The first kappa shape index (κ1) is 20.3. The molecular weight excluding hydrogens is 392 g/mol. The van der Waals surface area contributed by atoms with E-state index in [0.29, 0.717) is 32.8 Å². The van der Waals surface area contributed by atoms with E-state index in [-0.39, 0.29) is 24.3 Å². The number of aryl methyl sites for hydroxylation is 1. The molecule has 0 atom stereocenters. The van der Waals surface area contributed by atoms with Crippen LogP contribution in [0.5, 0.6) is 0 Å². The molecule has 9 heteroatoms. The van der Waals surface area contributed by atoms with Crippen LogP contribution in [-0.2, 0) is 16.1 Å². The van der Waals surface area contributed by atoms with Crippen molar-refractivity contribution in [2.45, 2.75) is 27.3 Å². The van der Waals surface area contributed by atoms with E-state index in [4.69, 9.17) is 4.42 Å². The van der Waals surface area contributed by atoms with Gasteiger partial charge in [0.15, 0.2) is 5.13 Å². The van der Waals surface area contributed by atoms with Crippen molar-refractivity contribution in [2.24, 2.45) is 0 Å². The lowest BCUT2D eigenvalue weighted by molar-refractivity contribution is -0.117. The summed E-state index contributed by atoms with van der Waals surface area (Å²) >= 11 is 1.14. The van der Waals surface area contributed by atoms with Gasteiger partial charge in [-0.2, -0.15) is 0 Å². The Labute approximate surface area is 171 Å². The molecule has 3 aromatic rings. The summed E-state index contributed by atoms with van der Waals surface area (Å²) in [7, 11) is 0. The van der Waals surface area contributed by atoms with Crippen molar-refractivity contribution >= 4 is 45.6 Å². The highest BCUT2D eigenvalue weighted by atomic mass is 32.1. The van der Waals surface area contributed by atoms with Gasteiger partial charge < -0.3 is 15.1 Å². The Morgan fingerprint density at radius 2 is 1.72 bits per heavy atom. The first-order valence-electron chi connectivity index (χ1n) is 8.80. The van der Waals surface area contributed by atoms with Crippen molar-refractivity contribution in [1.82, 2.24) is 4.98 Å². The lowest BCUT2D eigenvalue weighted by Crippen LogP contribution is -2.27. The fourth-order valence-corrected chi connectivity index (χ4v) is 3.61. The molecular formula is C20H20N4O4S. The standard InChI is InChI=1S/C20H20N4O4S/c1-12-18(19(27)23-16-8-6-15(7-9-16)22-13(2)25)29-20(21-12)24(14(3)26)11-17-5-4-10-28-17/h4-10H,11H2,1-3H3,(H,22,25)(H,23,27). The van der Waals surface area contributed by atoms with Crippen LogP contribution >= 0.6 is 11.3 Å². The molecule has 150 valence electrons. The zero-order valence-corrected chi connectivity index (χ0v) is 17.0. The predicted molar refractivity (Wildman–Crippen MR) is 111 cm³/mol. The van der Waals surface area contributed by atoms with Crippen molar-refractivity contribution in [1.29, 1.82) is 0 Å². The van der Waals surface area contributed by atoms with E-state index in [2.05, 4.69) is 15.6 Å². The quantitative estimate of drug-likeness (QED) is 0.641. The Morgan fingerprint density at radius 1 is 1.07 bits per heavy atom. The van der Waals surface area contributed by atoms with Crippen molar-refractivity contribution in [3.8, 4) is 0 Å². The third kappa shape index (κ3) is 5.08. The van der Waals surface area contributed by atoms with E-state index < -0.39 is 0 Å². The van der Waals surface area contributed by atoms with E-state index in [0.717, 1.165) is 11.3 Å². The van der Waals surface area contributed by atoms with Crippen molar-refractivity contribution in [3.05, 3.63) is 59.0 Å². The van der Waals surface area contributed by atoms with Gasteiger partial charge in [-0.1, -0.05) is 11.3 Å². The van der Waals surface area contributed by atoms with Crippen LogP contribution < -0.4 is 15.5 Å². The van der Waals surface area contributed by atoms with Gasteiger partial charge >= 0.3 is 0 Å². The largest absolute Gasteiger partial charge is 0.467 e. The maximum Gasteiger partial charge on any atom is 0.267 e. The number of hydrogen-bond donors (Lipinski definition) is 2. The molecule has 0 spiro atoms. The van der Waals surface area contributed by atoms with Crippen LogP contribution in [-0.4, -0.2) is 22.7 Å². The topological polar surface area (TPSA) is 105 Å². The highest BCUT2D eigenvalue weighted by Gasteiger charge is 2.22. The molecule has 1 aromatic carbocycles. The summed E-state index contributed by atoms with van der Waals surface area (Å²) in [5.41, 5.74) is 1.75. The molecule has 0 bridgehead atoms. The molecule has 3 amide bonds. The lowest BCUT2D eigenvalue weighted by atomic mass is 10.2. The van der Waals surface area contributed by atoms with Crippen LogP contribution in [0.25, 0.3) is 0 Å². The third-order valence-corrected chi connectivity index (χ3v) is 5.14. The number of carbonyl (C=O) groups excluding carboxylic acids is 3. The molecule has 0 radical (unpaired) electrons. The number of benzene rings is 1. The summed E-state index contributed by atoms with van der Waals surface area (Å²) in [6.07, 6.45) is 1.54. The van der Waals surface area contributed by atoms with Gasteiger partial charge in [0.05, 0.1) is 18.5 Å². The van der Waals surface area contributed by atoms with Gasteiger partial charge in [-0.05, 0) is 43.3 Å². The smallest absolute Gasteiger partial charge is 0.267 e. The Kier molecular flexibility index (Phi) is 6.08. The normalized spacial score (nSPS) is 10.4. The molecule has 29 heavy (non-hydrogen) atoms. The van der Waals surface area contributed by atoms with Crippen LogP contribution in [0.3, 0.4) is 0 Å². The summed E-state index contributed by atoms with van der Waals surface area (Å²) in [5, 5.41) is 5.90. The average molecular weight is 412 g/mol. The number of hydrogen-bond acceptors (Lipinski definition) is 6. The van der Waals surface area contributed by atoms with Crippen molar-refractivity contribution < 1.29 is 18.8 Å². The second-order valence-corrected chi connectivity index (χ2v) is 7.29. The second kappa shape index (κ2) is 8.70. The van der Waals surface area contributed by atoms with Crippen molar-refractivity contribution in [2.75, 3.05) is 15.5 Å². The lowest BCUT2D eigenvalue weighted by Gasteiger charge is -2.16. The Morgan fingerprint density at radius 3 is 2.28 bits per heavy atom. The molecule has 2 N–H and O–H groups in total. The van der Waals surface area contributed by atoms with Gasteiger partial charge in [0.1, 0.15) is 10.6 Å². The minimum Gasteiger partial charge on any atom is -0.467 e. The summed E-state index contributed by atoms with van der Waals surface area (Å²) in [6.45, 7) is 4.83. The van der Waals surface area contributed by atoms with Gasteiger partial charge in [-0.25, -0.2) is 4.98 Å². The summed E-state index contributed by atoms with van der Waals surface area (Å²) < 4.78 is 5.31. The summed E-state index contributed by atoms with van der Waals surface area (Å²) in [6, 6.07) is 10.3. The third-order valence-electron chi connectivity index (χ3n) is 3.96. The Balaban J connectivity index is 1.75. The van der Waals surface area contributed by atoms with Gasteiger partial charge in [-0.3, -0.25) is 19.3 Å². The molecule has 0 saturated heterocycles. The van der Waals surface area contributed by atoms with E-state index in [1.807, 2.05) is 0 Å². The number of amides is 3.